The number of nitrogens with one attached hydrogen (secondary N) is 2. The second-order valence-electron chi connectivity index (χ2n) is 5.34. The lowest BCUT2D eigenvalue weighted by Gasteiger charge is -2.10. The fourth-order valence-electron chi connectivity index (χ4n) is 2.01. The molecule has 0 atom stereocenters. The Morgan fingerprint density at radius 2 is 1.85 bits per heavy atom. The molecule has 2 rings (SSSR count). The highest BCUT2D eigenvalue weighted by Gasteiger charge is 2.06. The van der Waals surface area contributed by atoms with Gasteiger partial charge in [0.25, 0.3) is 11.8 Å². The number of aryl methyl sites for hydroxylation is 1. The minimum absolute atomic E-state index is 0.203. The summed E-state index contributed by atoms with van der Waals surface area (Å²) >= 11 is 3.36. The molecule has 0 saturated heterocycles. The van der Waals surface area contributed by atoms with Crippen LogP contribution in [0, 0.1) is 6.92 Å². The molecule has 0 bridgehead atoms. The Morgan fingerprint density at radius 1 is 1.12 bits per heavy atom. The smallest absolute Gasteiger partial charge is 0.276 e. The highest BCUT2D eigenvalue weighted by atomic mass is 79.9. The number of benzene rings is 2. The summed E-state index contributed by atoms with van der Waals surface area (Å²) < 4.78 is 11.4. The molecule has 0 radical (unpaired) electrons. The maximum atomic E-state index is 11.7. The Morgan fingerprint density at radius 3 is 2.50 bits per heavy atom. The molecule has 0 aromatic heterocycles. The Labute approximate surface area is 160 Å². The number of rotatable bonds is 6. The highest BCUT2D eigenvalue weighted by molar-refractivity contribution is 9.10. The zero-order chi connectivity index (χ0) is 18.9. The highest BCUT2D eigenvalue weighted by Crippen LogP contribution is 2.21. The summed E-state index contributed by atoms with van der Waals surface area (Å²) in [5.41, 5.74) is 6.33. The van der Waals surface area contributed by atoms with Gasteiger partial charge in [0.2, 0.25) is 0 Å². The van der Waals surface area contributed by atoms with Crippen LogP contribution in [-0.2, 0) is 9.59 Å². The molecule has 2 aromatic rings. The molecule has 2 aromatic carbocycles. The first-order chi connectivity index (χ1) is 12.5. The van der Waals surface area contributed by atoms with Crippen LogP contribution in [0.15, 0.2) is 53.0 Å². The van der Waals surface area contributed by atoms with Crippen LogP contribution in [0.1, 0.15) is 11.1 Å². The Hall–Kier alpha value is -2.80. The van der Waals surface area contributed by atoms with Crippen molar-refractivity contribution in [1.82, 2.24) is 10.9 Å². The van der Waals surface area contributed by atoms with E-state index in [9.17, 15) is 9.59 Å². The largest absolute Gasteiger partial charge is 0.497 e. The first kappa shape index (κ1) is 19.5. The third kappa shape index (κ3) is 6.25. The third-order valence-electron chi connectivity index (χ3n) is 3.36. The number of hydrazine groups is 1. The molecule has 6 nitrogen and oxygen atoms in total. The second-order valence-corrected chi connectivity index (χ2v) is 6.26. The minimum Gasteiger partial charge on any atom is -0.497 e. The molecule has 7 heteroatoms. The standard InChI is InChI=1S/C19H19BrN2O4/c1-13-11-15(20)6-9-17(13)26-12-19(24)22-21-18(23)10-5-14-3-7-16(25-2)8-4-14/h3-11H,12H2,1-2H3,(H,21,23)(H,22,24)/b10-5+. The number of hydrogen-bond donors (Lipinski definition) is 2. The summed E-state index contributed by atoms with van der Waals surface area (Å²) in [4.78, 5) is 23.5. The lowest BCUT2D eigenvalue weighted by molar-refractivity contribution is -0.128. The van der Waals surface area contributed by atoms with Crippen LogP contribution in [0.2, 0.25) is 0 Å². The summed E-state index contributed by atoms with van der Waals surface area (Å²) in [6.45, 7) is 1.68. The van der Waals surface area contributed by atoms with E-state index in [4.69, 9.17) is 9.47 Å². The van der Waals surface area contributed by atoms with Crippen molar-refractivity contribution < 1.29 is 19.1 Å². The molecule has 0 fully saturated rings. The Kier molecular flexibility index (Phi) is 7.23. The van der Waals surface area contributed by atoms with Crippen molar-refractivity contribution in [2.24, 2.45) is 0 Å². The SMILES string of the molecule is COc1ccc(/C=C/C(=O)NNC(=O)COc2ccc(Br)cc2C)cc1. The summed E-state index contributed by atoms with van der Waals surface area (Å²) in [6.07, 6.45) is 2.95. The van der Waals surface area contributed by atoms with E-state index in [1.54, 1.807) is 31.4 Å². The lowest BCUT2D eigenvalue weighted by Crippen LogP contribution is -2.43. The predicted molar refractivity (Wildman–Crippen MR) is 103 cm³/mol. The number of carbonyl (C=O) groups is 2. The van der Waals surface area contributed by atoms with Crippen molar-refractivity contribution in [3.8, 4) is 11.5 Å². The van der Waals surface area contributed by atoms with Gasteiger partial charge in [-0.05, 0) is 54.5 Å². The van der Waals surface area contributed by atoms with Crippen LogP contribution in [0.4, 0.5) is 0 Å². The zero-order valence-electron chi connectivity index (χ0n) is 14.4. The number of carbonyl (C=O) groups excluding carboxylic acids is 2. The van der Waals surface area contributed by atoms with Gasteiger partial charge in [-0.3, -0.25) is 20.4 Å². The normalized spacial score (nSPS) is 10.4. The van der Waals surface area contributed by atoms with Crippen LogP contribution in [-0.4, -0.2) is 25.5 Å². The van der Waals surface area contributed by atoms with Gasteiger partial charge in [-0.1, -0.05) is 28.1 Å². The molecule has 2 N–H and O–H groups in total. The quantitative estimate of drug-likeness (QED) is 0.558. The maximum Gasteiger partial charge on any atom is 0.276 e. The lowest BCUT2D eigenvalue weighted by atomic mass is 10.2. The van der Waals surface area contributed by atoms with Crippen molar-refractivity contribution in [2.75, 3.05) is 13.7 Å². The molecule has 0 aliphatic carbocycles. The van der Waals surface area contributed by atoms with E-state index < -0.39 is 11.8 Å². The molecule has 0 heterocycles. The predicted octanol–water partition coefficient (Wildman–Crippen LogP) is 3.01. The van der Waals surface area contributed by atoms with E-state index in [1.807, 2.05) is 31.2 Å². The van der Waals surface area contributed by atoms with E-state index in [2.05, 4.69) is 26.8 Å². The van der Waals surface area contributed by atoms with Gasteiger partial charge in [-0.2, -0.15) is 0 Å². The molecular weight excluding hydrogens is 400 g/mol. The molecule has 26 heavy (non-hydrogen) atoms. The van der Waals surface area contributed by atoms with E-state index in [-0.39, 0.29) is 6.61 Å². The van der Waals surface area contributed by atoms with Crippen molar-refractivity contribution in [3.05, 3.63) is 64.1 Å². The second kappa shape index (κ2) is 9.62. The van der Waals surface area contributed by atoms with Gasteiger partial charge < -0.3 is 9.47 Å². The van der Waals surface area contributed by atoms with Gasteiger partial charge in [0.15, 0.2) is 6.61 Å². The van der Waals surface area contributed by atoms with Crippen molar-refractivity contribution in [1.29, 1.82) is 0 Å². The average Bonchev–Trinajstić information content (AvgIpc) is 2.64. The summed E-state index contributed by atoms with van der Waals surface area (Å²) in [7, 11) is 1.59. The van der Waals surface area contributed by atoms with Gasteiger partial charge in [-0.25, -0.2) is 0 Å². The molecule has 0 aliphatic rings. The number of ether oxygens (including phenoxy) is 2. The van der Waals surface area contributed by atoms with Gasteiger partial charge in [0, 0.05) is 10.5 Å². The van der Waals surface area contributed by atoms with Gasteiger partial charge in [0.1, 0.15) is 11.5 Å². The van der Waals surface area contributed by atoms with E-state index in [0.717, 1.165) is 21.3 Å². The summed E-state index contributed by atoms with van der Waals surface area (Å²) in [5.74, 6) is 0.432. The summed E-state index contributed by atoms with van der Waals surface area (Å²) in [5, 5.41) is 0. The summed E-state index contributed by atoms with van der Waals surface area (Å²) in [6, 6.07) is 12.7. The van der Waals surface area contributed by atoms with Crippen molar-refractivity contribution in [3.63, 3.8) is 0 Å². The molecule has 0 saturated carbocycles. The topological polar surface area (TPSA) is 76.7 Å². The molecule has 0 spiro atoms. The molecule has 0 unspecified atom stereocenters. The number of halogens is 1. The first-order valence-corrected chi connectivity index (χ1v) is 8.57. The van der Waals surface area contributed by atoms with E-state index in [1.165, 1.54) is 6.08 Å². The van der Waals surface area contributed by atoms with Crippen LogP contribution >= 0.6 is 15.9 Å². The number of methoxy groups -OCH3 is 1. The third-order valence-corrected chi connectivity index (χ3v) is 3.86. The molecule has 0 aliphatic heterocycles. The Bertz CT molecular complexity index is 804. The monoisotopic (exact) mass is 418 g/mol. The fourth-order valence-corrected chi connectivity index (χ4v) is 2.49. The number of amides is 2. The van der Waals surface area contributed by atoms with Gasteiger partial charge in [0.05, 0.1) is 7.11 Å². The van der Waals surface area contributed by atoms with Gasteiger partial charge >= 0.3 is 0 Å². The fraction of sp³-hybridized carbons (Fsp3) is 0.158. The minimum atomic E-state index is -0.460. The van der Waals surface area contributed by atoms with Gasteiger partial charge in [-0.15, -0.1) is 0 Å². The van der Waals surface area contributed by atoms with Crippen LogP contribution < -0.4 is 20.3 Å². The number of hydrogen-bond acceptors (Lipinski definition) is 4. The van der Waals surface area contributed by atoms with Crippen LogP contribution in [0.5, 0.6) is 11.5 Å². The Balaban J connectivity index is 1.75. The molecule has 136 valence electrons. The van der Waals surface area contributed by atoms with E-state index in [0.29, 0.717) is 5.75 Å². The molecular formula is C19H19BrN2O4. The van der Waals surface area contributed by atoms with Crippen LogP contribution in [0.25, 0.3) is 6.08 Å². The molecule has 2 amide bonds. The van der Waals surface area contributed by atoms with Crippen molar-refractivity contribution in [2.45, 2.75) is 6.92 Å². The first-order valence-electron chi connectivity index (χ1n) is 7.78. The van der Waals surface area contributed by atoms with E-state index >= 15 is 0 Å². The average molecular weight is 419 g/mol. The zero-order valence-corrected chi connectivity index (χ0v) is 16.0. The van der Waals surface area contributed by atoms with Crippen molar-refractivity contribution >= 4 is 33.8 Å². The van der Waals surface area contributed by atoms with Crippen LogP contribution in [0.3, 0.4) is 0 Å². The maximum absolute atomic E-state index is 11.7.